The zero-order chi connectivity index (χ0) is 18.6. The topological polar surface area (TPSA) is 106 Å². The van der Waals surface area contributed by atoms with Crippen LogP contribution in [0.1, 0.15) is 15.9 Å². The van der Waals surface area contributed by atoms with Crippen molar-refractivity contribution in [1.82, 2.24) is 5.32 Å². The number of alkyl halides is 2. The number of nitro benzene ring substituents is 1. The summed E-state index contributed by atoms with van der Waals surface area (Å²) in [5, 5.41) is 13.1. The van der Waals surface area contributed by atoms with Gasteiger partial charge in [0, 0.05) is 24.2 Å². The SMILES string of the molecule is O=C(NCc1ccc([N+](=O)[O-])cc1)c1ccc(S(=O)(=O)C(F)F)cc1. The number of nitro groups is 1. The number of halogens is 2. The van der Waals surface area contributed by atoms with E-state index in [1.54, 1.807) is 0 Å². The third kappa shape index (κ3) is 4.35. The Bertz CT molecular complexity index is 881. The number of rotatable bonds is 6. The molecule has 0 saturated carbocycles. The largest absolute Gasteiger partial charge is 0.348 e. The molecule has 25 heavy (non-hydrogen) atoms. The van der Waals surface area contributed by atoms with E-state index in [4.69, 9.17) is 0 Å². The Labute approximate surface area is 141 Å². The molecule has 2 aromatic carbocycles. The highest BCUT2D eigenvalue weighted by molar-refractivity contribution is 7.91. The van der Waals surface area contributed by atoms with Crippen molar-refractivity contribution in [3.05, 3.63) is 69.8 Å². The molecule has 2 aromatic rings. The van der Waals surface area contributed by atoms with Crippen LogP contribution in [0.5, 0.6) is 0 Å². The first-order valence-electron chi connectivity index (χ1n) is 6.85. The molecule has 1 N–H and O–H groups in total. The van der Waals surface area contributed by atoms with E-state index in [1.165, 1.54) is 24.3 Å². The summed E-state index contributed by atoms with van der Waals surface area (Å²) < 4.78 is 47.5. The second-order valence-corrected chi connectivity index (χ2v) is 6.85. The van der Waals surface area contributed by atoms with Crippen LogP contribution in [0.25, 0.3) is 0 Å². The van der Waals surface area contributed by atoms with Gasteiger partial charge in [0.2, 0.25) is 9.84 Å². The van der Waals surface area contributed by atoms with Crippen LogP contribution in [-0.4, -0.2) is 25.0 Å². The molecule has 0 heterocycles. The normalized spacial score (nSPS) is 11.3. The lowest BCUT2D eigenvalue weighted by atomic mass is 10.2. The first kappa shape index (κ1) is 18.5. The predicted octanol–water partition coefficient (Wildman–Crippen LogP) is 2.52. The minimum absolute atomic E-state index is 0.0779. The number of hydrogen-bond acceptors (Lipinski definition) is 5. The van der Waals surface area contributed by atoms with Gasteiger partial charge in [-0.25, -0.2) is 8.42 Å². The molecule has 2 rings (SSSR count). The highest BCUT2D eigenvalue weighted by atomic mass is 32.2. The van der Waals surface area contributed by atoms with Crippen LogP contribution in [0.15, 0.2) is 53.4 Å². The summed E-state index contributed by atoms with van der Waals surface area (Å²) >= 11 is 0. The van der Waals surface area contributed by atoms with Gasteiger partial charge in [-0.2, -0.15) is 8.78 Å². The highest BCUT2D eigenvalue weighted by Crippen LogP contribution is 2.18. The molecule has 0 saturated heterocycles. The summed E-state index contributed by atoms with van der Waals surface area (Å²) in [5.41, 5.74) is 0.636. The van der Waals surface area contributed by atoms with Crippen molar-refractivity contribution in [2.75, 3.05) is 0 Å². The molecule has 0 aliphatic carbocycles. The molecule has 132 valence electrons. The monoisotopic (exact) mass is 370 g/mol. The first-order valence-corrected chi connectivity index (χ1v) is 8.40. The van der Waals surface area contributed by atoms with Gasteiger partial charge in [-0.3, -0.25) is 14.9 Å². The fourth-order valence-corrected chi connectivity index (χ4v) is 2.64. The lowest BCUT2D eigenvalue weighted by Gasteiger charge is -2.07. The second-order valence-electron chi connectivity index (χ2n) is 4.94. The van der Waals surface area contributed by atoms with Crippen molar-refractivity contribution >= 4 is 21.4 Å². The fourth-order valence-electron chi connectivity index (χ4n) is 1.92. The minimum Gasteiger partial charge on any atom is -0.348 e. The van der Waals surface area contributed by atoms with E-state index in [0.29, 0.717) is 5.56 Å². The zero-order valence-corrected chi connectivity index (χ0v) is 13.4. The molecule has 0 aromatic heterocycles. The summed E-state index contributed by atoms with van der Waals surface area (Å²) in [6.45, 7) is 0.0912. The molecular weight excluding hydrogens is 358 g/mol. The first-order chi connectivity index (χ1) is 11.7. The van der Waals surface area contributed by atoms with Crippen LogP contribution in [0.4, 0.5) is 14.5 Å². The number of amides is 1. The summed E-state index contributed by atoms with van der Waals surface area (Å²) in [6, 6.07) is 9.68. The smallest absolute Gasteiger partial charge is 0.341 e. The van der Waals surface area contributed by atoms with Gasteiger partial charge in [0.05, 0.1) is 9.82 Å². The number of non-ortho nitro benzene ring substituents is 1. The van der Waals surface area contributed by atoms with Crippen molar-refractivity contribution in [1.29, 1.82) is 0 Å². The van der Waals surface area contributed by atoms with Crippen LogP contribution in [-0.2, 0) is 16.4 Å². The summed E-state index contributed by atoms with van der Waals surface area (Å²) in [7, 11) is -4.71. The number of benzene rings is 2. The van der Waals surface area contributed by atoms with Crippen molar-refractivity contribution in [2.24, 2.45) is 0 Å². The molecule has 0 aliphatic rings. The molecule has 7 nitrogen and oxygen atoms in total. The van der Waals surface area contributed by atoms with Crippen LogP contribution in [0.2, 0.25) is 0 Å². The van der Waals surface area contributed by atoms with Crippen molar-refractivity contribution in [3.63, 3.8) is 0 Å². The summed E-state index contributed by atoms with van der Waals surface area (Å²) in [5.74, 6) is -4.08. The quantitative estimate of drug-likeness (QED) is 0.621. The minimum atomic E-state index is -4.71. The lowest BCUT2D eigenvalue weighted by molar-refractivity contribution is -0.384. The standard InChI is InChI=1S/C15H12F2N2O5S/c16-15(17)25(23,24)13-7-3-11(4-8-13)14(20)18-9-10-1-5-12(6-2-10)19(21)22/h1-8,15H,9H2,(H,18,20). The number of carbonyl (C=O) groups is 1. The molecular formula is C15H12F2N2O5S. The number of nitrogens with one attached hydrogen (secondary N) is 1. The van der Waals surface area contributed by atoms with E-state index in [-0.39, 0.29) is 17.8 Å². The van der Waals surface area contributed by atoms with E-state index in [9.17, 15) is 32.1 Å². The third-order valence-corrected chi connectivity index (χ3v) is 4.68. The van der Waals surface area contributed by atoms with Gasteiger partial charge in [-0.05, 0) is 29.8 Å². The zero-order valence-electron chi connectivity index (χ0n) is 12.6. The number of carbonyl (C=O) groups excluding carboxylic acids is 1. The molecule has 0 radical (unpaired) electrons. The molecule has 0 bridgehead atoms. The van der Waals surface area contributed by atoms with E-state index < -0.39 is 31.3 Å². The van der Waals surface area contributed by atoms with Crippen LogP contribution >= 0.6 is 0 Å². The molecule has 0 spiro atoms. The highest BCUT2D eigenvalue weighted by Gasteiger charge is 2.26. The van der Waals surface area contributed by atoms with Gasteiger partial charge < -0.3 is 5.32 Å². The molecule has 0 fully saturated rings. The van der Waals surface area contributed by atoms with E-state index >= 15 is 0 Å². The van der Waals surface area contributed by atoms with Gasteiger partial charge >= 0.3 is 5.76 Å². The molecule has 10 heteroatoms. The van der Waals surface area contributed by atoms with Crippen molar-refractivity contribution < 1.29 is 26.9 Å². The summed E-state index contributed by atoms with van der Waals surface area (Å²) in [4.78, 5) is 21.4. The van der Waals surface area contributed by atoms with E-state index in [0.717, 1.165) is 24.3 Å². The second kappa shape index (κ2) is 7.34. The average molecular weight is 370 g/mol. The van der Waals surface area contributed by atoms with Gasteiger partial charge in [0.1, 0.15) is 0 Å². The van der Waals surface area contributed by atoms with E-state index in [1.807, 2.05) is 0 Å². The van der Waals surface area contributed by atoms with Crippen molar-refractivity contribution in [3.8, 4) is 0 Å². The Hall–Kier alpha value is -2.88. The van der Waals surface area contributed by atoms with Crippen LogP contribution in [0, 0.1) is 10.1 Å². The van der Waals surface area contributed by atoms with Gasteiger partial charge in [0.15, 0.2) is 0 Å². The van der Waals surface area contributed by atoms with Crippen molar-refractivity contribution in [2.45, 2.75) is 17.2 Å². The third-order valence-electron chi connectivity index (χ3n) is 3.28. The fraction of sp³-hybridized carbons (Fsp3) is 0.133. The molecule has 0 unspecified atom stereocenters. The number of nitrogens with zero attached hydrogens (tertiary/aromatic N) is 1. The maximum atomic E-state index is 12.4. The van der Waals surface area contributed by atoms with Gasteiger partial charge in [-0.1, -0.05) is 12.1 Å². The number of sulfone groups is 1. The molecule has 0 aliphatic heterocycles. The Morgan fingerprint density at radius 1 is 1.08 bits per heavy atom. The van der Waals surface area contributed by atoms with Crippen LogP contribution in [0.3, 0.4) is 0 Å². The maximum absolute atomic E-state index is 12.4. The molecule has 1 amide bonds. The Kier molecular flexibility index (Phi) is 5.42. The summed E-state index contributed by atoms with van der Waals surface area (Å²) in [6.07, 6.45) is 0. The predicted molar refractivity (Wildman–Crippen MR) is 83.9 cm³/mol. The van der Waals surface area contributed by atoms with Gasteiger partial charge in [-0.15, -0.1) is 0 Å². The Morgan fingerprint density at radius 2 is 1.64 bits per heavy atom. The molecule has 0 atom stereocenters. The Balaban J connectivity index is 2.02. The maximum Gasteiger partial charge on any atom is 0.341 e. The van der Waals surface area contributed by atoms with Crippen LogP contribution < -0.4 is 5.32 Å². The van der Waals surface area contributed by atoms with Gasteiger partial charge in [0.25, 0.3) is 11.6 Å². The Morgan fingerprint density at radius 3 is 2.12 bits per heavy atom. The van der Waals surface area contributed by atoms with E-state index in [2.05, 4.69) is 5.32 Å². The lowest BCUT2D eigenvalue weighted by Crippen LogP contribution is -2.22. The number of hydrogen-bond donors (Lipinski definition) is 1. The average Bonchev–Trinajstić information content (AvgIpc) is 2.60.